The number of benzene rings is 2. The van der Waals surface area contributed by atoms with Gasteiger partial charge in [-0.05, 0) is 61.7 Å². The van der Waals surface area contributed by atoms with Gasteiger partial charge in [-0.15, -0.1) is 0 Å². The first-order valence-electron chi connectivity index (χ1n) is 10.4. The summed E-state index contributed by atoms with van der Waals surface area (Å²) in [7, 11) is -3.71. The fourth-order valence-electron chi connectivity index (χ4n) is 4.06. The summed E-state index contributed by atoms with van der Waals surface area (Å²) >= 11 is 6.24. The topological polar surface area (TPSA) is 103 Å². The van der Waals surface area contributed by atoms with Gasteiger partial charge in [-0.3, -0.25) is 9.78 Å². The number of piperidine rings is 1. The maximum absolute atomic E-state index is 13.5. The number of hydrogen-bond acceptors (Lipinski definition) is 5. The van der Waals surface area contributed by atoms with Gasteiger partial charge in [0.1, 0.15) is 11.6 Å². The van der Waals surface area contributed by atoms with E-state index in [0.29, 0.717) is 41.2 Å². The van der Waals surface area contributed by atoms with Crippen LogP contribution in [0.25, 0.3) is 22.0 Å². The summed E-state index contributed by atoms with van der Waals surface area (Å²) < 4.78 is 42.7. The van der Waals surface area contributed by atoms with E-state index in [4.69, 9.17) is 21.5 Å². The molecular formula is C23H23ClFN3O4S. The molecule has 1 aromatic heterocycles. The third-order valence-corrected chi connectivity index (χ3v) is 7.38. The molecule has 2 N–H and O–H groups in total. The van der Waals surface area contributed by atoms with Gasteiger partial charge in [0.25, 0.3) is 5.91 Å². The second-order valence-electron chi connectivity index (χ2n) is 8.06. The average Bonchev–Trinajstić information content (AvgIpc) is 2.77. The molecule has 0 aliphatic carbocycles. The Morgan fingerprint density at radius 1 is 1.24 bits per heavy atom. The zero-order valence-electron chi connectivity index (χ0n) is 17.9. The van der Waals surface area contributed by atoms with Crippen molar-refractivity contribution in [3.05, 3.63) is 59.5 Å². The lowest BCUT2D eigenvalue weighted by Crippen LogP contribution is -2.50. The number of aromatic nitrogens is 1. The highest BCUT2D eigenvalue weighted by Gasteiger charge is 2.32. The van der Waals surface area contributed by atoms with Crippen molar-refractivity contribution in [1.82, 2.24) is 9.88 Å². The molecule has 2 atom stereocenters. The van der Waals surface area contributed by atoms with Gasteiger partial charge < -0.3 is 9.64 Å². The molecule has 1 fully saturated rings. The highest BCUT2D eigenvalue weighted by molar-refractivity contribution is 7.89. The molecule has 1 unspecified atom stereocenters. The van der Waals surface area contributed by atoms with Crippen LogP contribution in [0.3, 0.4) is 0 Å². The third-order valence-electron chi connectivity index (χ3n) is 5.75. The lowest BCUT2D eigenvalue weighted by Gasteiger charge is -2.33. The first kappa shape index (κ1) is 23.4. The number of nitrogens with two attached hydrogens (primary N) is 1. The number of fused-ring (bicyclic) bond motifs is 1. The van der Waals surface area contributed by atoms with Crippen LogP contribution in [0, 0.1) is 5.82 Å². The van der Waals surface area contributed by atoms with Crippen molar-refractivity contribution in [1.29, 1.82) is 0 Å². The Kier molecular flexibility index (Phi) is 6.56. The molecule has 10 heteroatoms. The molecule has 3 aromatic rings. The molecular weight excluding hydrogens is 469 g/mol. The Morgan fingerprint density at radius 2 is 2.03 bits per heavy atom. The highest BCUT2D eigenvalue weighted by atomic mass is 35.5. The van der Waals surface area contributed by atoms with E-state index >= 15 is 0 Å². The quantitative estimate of drug-likeness (QED) is 0.585. The van der Waals surface area contributed by atoms with Crippen molar-refractivity contribution in [2.75, 3.05) is 13.1 Å². The van der Waals surface area contributed by atoms with Crippen LogP contribution in [0.2, 0.25) is 5.02 Å². The molecule has 7 nitrogen and oxygen atoms in total. The van der Waals surface area contributed by atoms with E-state index in [1.165, 1.54) is 17.0 Å². The van der Waals surface area contributed by atoms with Gasteiger partial charge in [-0.2, -0.15) is 0 Å². The summed E-state index contributed by atoms with van der Waals surface area (Å²) in [5, 5.41) is 5.59. The molecule has 174 valence electrons. The fraction of sp³-hybridized carbons (Fsp3) is 0.304. The first-order chi connectivity index (χ1) is 15.6. The van der Waals surface area contributed by atoms with E-state index in [0.717, 1.165) is 10.9 Å². The third kappa shape index (κ3) is 5.10. The van der Waals surface area contributed by atoms with Gasteiger partial charge in [-0.1, -0.05) is 11.6 Å². The lowest BCUT2D eigenvalue weighted by molar-refractivity contribution is -0.138. The van der Waals surface area contributed by atoms with Crippen LogP contribution in [0.4, 0.5) is 4.39 Å². The van der Waals surface area contributed by atoms with Crippen LogP contribution in [0.1, 0.15) is 19.8 Å². The van der Waals surface area contributed by atoms with Gasteiger partial charge >= 0.3 is 0 Å². The van der Waals surface area contributed by atoms with Crippen molar-refractivity contribution in [2.45, 2.75) is 31.1 Å². The predicted octanol–water partition coefficient (Wildman–Crippen LogP) is 3.74. The van der Waals surface area contributed by atoms with Crippen LogP contribution in [0.15, 0.2) is 48.7 Å². The number of hydrogen-bond donors (Lipinski definition) is 1. The SMILES string of the molecule is C[C@@H](Oc1ccc2c(-c3ccc(F)cc3Cl)ccnc2c1)C(=O)N1CCCC(S(N)(=O)=O)C1. The zero-order valence-corrected chi connectivity index (χ0v) is 19.4. The number of carbonyl (C=O) groups excluding carboxylic acids is 1. The molecule has 1 saturated heterocycles. The number of rotatable bonds is 5. The number of primary sulfonamides is 1. The number of carbonyl (C=O) groups is 1. The first-order valence-corrected chi connectivity index (χ1v) is 12.4. The lowest BCUT2D eigenvalue weighted by atomic mass is 10.0. The van der Waals surface area contributed by atoms with Gasteiger partial charge in [0, 0.05) is 36.3 Å². The van der Waals surface area contributed by atoms with E-state index in [1.807, 2.05) is 6.07 Å². The summed E-state index contributed by atoms with van der Waals surface area (Å²) in [5.74, 6) is -0.276. The average molecular weight is 492 g/mol. The molecule has 1 aliphatic rings. The maximum atomic E-state index is 13.5. The molecule has 4 rings (SSSR count). The molecule has 0 radical (unpaired) electrons. The van der Waals surface area contributed by atoms with E-state index in [9.17, 15) is 17.6 Å². The summed E-state index contributed by atoms with van der Waals surface area (Å²) in [4.78, 5) is 18.7. The molecule has 0 bridgehead atoms. The van der Waals surface area contributed by atoms with Crippen LogP contribution in [-0.4, -0.2) is 48.7 Å². The van der Waals surface area contributed by atoms with E-state index in [-0.39, 0.29) is 12.5 Å². The van der Waals surface area contributed by atoms with Gasteiger partial charge in [0.05, 0.1) is 15.8 Å². The summed E-state index contributed by atoms with van der Waals surface area (Å²) in [5.41, 5.74) is 2.09. The number of halogens is 2. The molecule has 0 spiro atoms. The van der Waals surface area contributed by atoms with Crippen molar-refractivity contribution < 1.29 is 22.3 Å². The largest absolute Gasteiger partial charge is 0.481 e. The summed E-state index contributed by atoms with van der Waals surface area (Å²) in [6.45, 7) is 2.14. The summed E-state index contributed by atoms with van der Waals surface area (Å²) in [6.07, 6.45) is 1.80. The second-order valence-corrected chi connectivity index (χ2v) is 10.3. The fourth-order valence-corrected chi connectivity index (χ4v) is 5.21. The molecule has 33 heavy (non-hydrogen) atoms. The highest BCUT2D eigenvalue weighted by Crippen LogP contribution is 2.34. The smallest absolute Gasteiger partial charge is 0.263 e. The van der Waals surface area contributed by atoms with E-state index in [2.05, 4.69) is 4.98 Å². The van der Waals surface area contributed by atoms with Crippen LogP contribution >= 0.6 is 11.6 Å². The van der Waals surface area contributed by atoms with Gasteiger partial charge in [-0.25, -0.2) is 17.9 Å². The van der Waals surface area contributed by atoms with Crippen molar-refractivity contribution in [3.8, 4) is 16.9 Å². The monoisotopic (exact) mass is 491 g/mol. The minimum Gasteiger partial charge on any atom is -0.481 e. The number of pyridine rings is 1. The summed E-state index contributed by atoms with van der Waals surface area (Å²) in [6, 6.07) is 11.3. The number of ether oxygens (including phenoxy) is 1. The Balaban J connectivity index is 1.54. The Bertz CT molecular complexity index is 1320. The van der Waals surface area contributed by atoms with Crippen LogP contribution < -0.4 is 9.88 Å². The molecule has 1 aliphatic heterocycles. The van der Waals surface area contributed by atoms with E-state index in [1.54, 1.807) is 37.4 Å². The van der Waals surface area contributed by atoms with E-state index < -0.39 is 27.2 Å². The van der Waals surface area contributed by atoms with Crippen LogP contribution in [0.5, 0.6) is 5.75 Å². The van der Waals surface area contributed by atoms with Crippen LogP contribution in [-0.2, 0) is 14.8 Å². The Hall–Kier alpha value is -2.75. The number of sulfonamides is 1. The maximum Gasteiger partial charge on any atom is 0.263 e. The van der Waals surface area contributed by atoms with Crippen molar-refractivity contribution in [2.24, 2.45) is 5.14 Å². The van der Waals surface area contributed by atoms with Crippen molar-refractivity contribution >= 4 is 38.4 Å². The molecule has 1 amide bonds. The Labute approximate surface area is 196 Å². The normalized spacial score (nSPS) is 17.7. The number of nitrogens with zero attached hydrogens (tertiary/aromatic N) is 2. The standard InChI is InChI=1S/C23H23ClFN3O4S/c1-14(23(29)28-10-2-3-17(13-28)33(26,30)31)32-16-5-7-20-18(8-9-27-22(20)12-16)19-6-4-15(25)11-21(19)24/h4-9,11-12,14,17H,2-3,10,13H2,1H3,(H2,26,30,31)/t14-,17?/m1/s1. The molecule has 2 heterocycles. The van der Waals surface area contributed by atoms with Crippen molar-refractivity contribution in [3.63, 3.8) is 0 Å². The predicted molar refractivity (Wildman–Crippen MR) is 125 cm³/mol. The number of likely N-dealkylation sites (tertiary alicyclic amines) is 1. The Morgan fingerprint density at radius 3 is 2.76 bits per heavy atom. The molecule has 0 saturated carbocycles. The van der Waals surface area contributed by atoms with Gasteiger partial charge in [0.15, 0.2) is 6.10 Å². The second kappa shape index (κ2) is 9.24. The molecule has 2 aromatic carbocycles. The number of amides is 1. The van der Waals surface area contributed by atoms with Gasteiger partial charge in [0.2, 0.25) is 10.0 Å². The minimum atomic E-state index is -3.71. The minimum absolute atomic E-state index is 0.0619. The zero-order chi connectivity index (χ0) is 23.8.